The Morgan fingerprint density at radius 1 is 1.21 bits per heavy atom. The molecular weight excluding hydrogens is 288 g/mol. The first-order chi connectivity index (χ1) is 8.93. The minimum absolute atomic E-state index is 0.226. The van der Waals surface area contributed by atoms with Gasteiger partial charge in [0.25, 0.3) is 0 Å². The molecule has 0 saturated heterocycles. The minimum Gasteiger partial charge on any atom is -0.350 e. The number of rotatable bonds is 3. The molecule has 0 aliphatic heterocycles. The van der Waals surface area contributed by atoms with E-state index in [0.29, 0.717) is 22.2 Å². The minimum atomic E-state index is -3.75. The van der Waals surface area contributed by atoms with Crippen molar-refractivity contribution in [3.63, 3.8) is 0 Å². The highest BCUT2D eigenvalue weighted by atomic mass is 35.5. The summed E-state index contributed by atoms with van der Waals surface area (Å²) in [7, 11) is -3.75. The monoisotopic (exact) mass is 302 g/mol. The van der Waals surface area contributed by atoms with E-state index in [-0.39, 0.29) is 5.69 Å². The van der Waals surface area contributed by atoms with Crippen LogP contribution >= 0.6 is 11.6 Å². The Morgan fingerprint density at radius 2 is 1.74 bits per heavy atom. The highest BCUT2D eigenvalue weighted by Gasteiger charge is 2.37. The van der Waals surface area contributed by atoms with E-state index in [9.17, 15) is 13.2 Å². The summed E-state index contributed by atoms with van der Waals surface area (Å²) in [6, 6.07) is 5.00. The van der Waals surface area contributed by atoms with Gasteiger partial charge >= 0.3 is 6.03 Å². The van der Waals surface area contributed by atoms with Gasteiger partial charge < -0.3 is 5.73 Å². The highest BCUT2D eigenvalue weighted by Crippen LogP contribution is 2.30. The molecule has 7 heteroatoms. The van der Waals surface area contributed by atoms with Crippen LogP contribution in [0.2, 0.25) is 5.02 Å². The fraction of sp³-hybridized carbons (Fsp3) is 0.417. The van der Waals surface area contributed by atoms with Crippen LogP contribution in [0.3, 0.4) is 0 Å². The molecule has 0 aromatic heterocycles. The van der Waals surface area contributed by atoms with E-state index in [1.165, 1.54) is 24.3 Å². The third-order valence-electron chi connectivity index (χ3n) is 3.24. The SMILES string of the molecule is NC(=O)N(c1ccc(Cl)cc1)S(=O)(=O)C1CCCC1. The molecule has 1 aromatic carbocycles. The number of anilines is 1. The maximum Gasteiger partial charge on any atom is 0.333 e. The lowest BCUT2D eigenvalue weighted by Crippen LogP contribution is -2.45. The molecule has 1 aliphatic carbocycles. The van der Waals surface area contributed by atoms with Crippen LogP contribution in [0.5, 0.6) is 0 Å². The van der Waals surface area contributed by atoms with Crippen molar-refractivity contribution in [3.05, 3.63) is 29.3 Å². The maximum atomic E-state index is 12.5. The first-order valence-electron chi connectivity index (χ1n) is 6.02. The number of amides is 2. The largest absolute Gasteiger partial charge is 0.350 e. The molecule has 5 nitrogen and oxygen atoms in total. The first kappa shape index (κ1) is 14.1. The molecule has 2 N–H and O–H groups in total. The van der Waals surface area contributed by atoms with E-state index in [1.54, 1.807) is 0 Å². The van der Waals surface area contributed by atoms with Crippen LogP contribution in [-0.2, 0) is 10.0 Å². The predicted octanol–water partition coefficient (Wildman–Crippen LogP) is 2.50. The van der Waals surface area contributed by atoms with Crippen molar-refractivity contribution in [2.45, 2.75) is 30.9 Å². The van der Waals surface area contributed by atoms with Crippen molar-refractivity contribution in [1.29, 1.82) is 0 Å². The van der Waals surface area contributed by atoms with E-state index in [2.05, 4.69) is 0 Å². The normalized spacial score (nSPS) is 16.5. The molecule has 104 valence electrons. The topological polar surface area (TPSA) is 80.5 Å². The Labute approximate surface area is 117 Å². The number of carbonyl (C=O) groups excluding carboxylic acids is 1. The number of urea groups is 1. The summed E-state index contributed by atoms with van der Waals surface area (Å²) in [4.78, 5) is 11.5. The molecule has 1 saturated carbocycles. The van der Waals surface area contributed by atoms with Crippen molar-refractivity contribution in [2.24, 2.45) is 5.73 Å². The van der Waals surface area contributed by atoms with E-state index >= 15 is 0 Å². The fourth-order valence-corrected chi connectivity index (χ4v) is 4.33. The molecule has 0 heterocycles. The van der Waals surface area contributed by atoms with Gasteiger partial charge in [0.05, 0.1) is 10.9 Å². The Hall–Kier alpha value is -1.27. The van der Waals surface area contributed by atoms with Gasteiger partial charge in [0.15, 0.2) is 0 Å². The second-order valence-electron chi connectivity index (χ2n) is 4.53. The van der Waals surface area contributed by atoms with Gasteiger partial charge in [-0.2, -0.15) is 4.31 Å². The molecule has 0 bridgehead atoms. The molecule has 1 aliphatic rings. The molecule has 0 atom stereocenters. The number of hydrogen-bond donors (Lipinski definition) is 1. The fourth-order valence-electron chi connectivity index (χ4n) is 2.31. The number of carbonyl (C=O) groups is 1. The van der Waals surface area contributed by atoms with Crippen LogP contribution in [0.4, 0.5) is 10.5 Å². The zero-order valence-electron chi connectivity index (χ0n) is 10.3. The van der Waals surface area contributed by atoms with Crippen LogP contribution in [0.1, 0.15) is 25.7 Å². The first-order valence-corrected chi connectivity index (χ1v) is 7.90. The Morgan fingerprint density at radius 3 is 2.21 bits per heavy atom. The van der Waals surface area contributed by atoms with Gasteiger partial charge in [-0.05, 0) is 37.1 Å². The smallest absolute Gasteiger partial charge is 0.333 e. The number of halogens is 1. The molecule has 0 radical (unpaired) electrons. The number of benzene rings is 1. The second kappa shape index (κ2) is 5.38. The van der Waals surface area contributed by atoms with Crippen molar-refractivity contribution in [2.75, 3.05) is 4.31 Å². The van der Waals surface area contributed by atoms with Gasteiger partial charge in [-0.1, -0.05) is 24.4 Å². The average molecular weight is 303 g/mol. The lowest BCUT2D eigenvalue weighted by molar-refractivity contribution is 0.257. The van der Waals surface area contributed by atoms with E-state index in [1.807, 2.05) is 0 Å². The zero-order valence-corrected chi connectivity index (χ0v) is 11.8. The van der Waals surface area contributed by atoms with Crippen molar-refractivity contribution >= 4 is 33.3 Å². The van der Waals surface area contributed by atoms with Crippen LogP contribution in [-0.4, -0.2) is 19.7 Å². The molecule has 0 unspecified atom stereocenters. The summed E-state index contributed by atoms with van der Waals surface area (Å²) in [5.41, 5.74) is 5.46. The highest BCUT2D eigenvalue weighted by molar-refractivity contribution is 7.94. The number of sulfonamides is 1. The van der Waals surface area contributed by atoms with Gasteiger partial charge in [-0.25, -0.2) is 13.2 Å². The van der Waals surface area contributed by atoms with Gasteiger partial charge in [-0.3, -0.25) is 0 Å². The third kappa shape index (κ3) is 2.84. The predicted molar refractivity (Wildman–Crippen MR) is 74.7 cm³/mol. The number of primary amides is 1. The van der Waals surface area contributed by atoms with Gasteiger partial charge in [0.2, 0.25) is 10.0 Å². The van der Waals surface area contributed by atoms with Crippen LogP contribution in [0.15, 0.2) is 24.3 Å². The Kier molecular flexibility index (Phi) is 4.01. The van der Waals surface area contributed by atoms with Crippen molar-refractivity contribution < 1.29 is 13.2 Å². The van der Waals surface area contributed by atoms with E-state index in [4.69, 9.17) is 17.3 Å². The number of hydrogen-bond acceptors (Lipinski definition) is 3. The molecular formula is C12H15ClN2O3S. The summed E-state index contributed by atoms with van der Waals surface area (Å²) in [6.07, 6.45) is 2.85. The molecule has 0 spiro atoms. The Balaban J connectivity index is 2.40. The summed E-state index contributed by atoms with van der Waals surface area (Å²) in [5, 5.41) is -0.0675. The summed E-state index contributed by atoms with van der Waals surface area (Å²) >= 11 is 5.75. The lowest BCUT2D eigenvalue weighted by Gasteiger charge is -2.24. The van der Waals surface area contributed by atoms with E-state index < -0.39 is 21.3 Å². The van der Waals surface area contributed by atoms with Crippen molar-refractivity contribution in [3.8, 4) is 0 Å². The maximum absolute atomic E-state index is 12.5. The lowest BCUT2D eigenvalue weighted by atomic mass is 10.3. The zero-order chi connectivity index (χ0) is 14.0. The van der Waals surface area contributed by atoms with E-state index in [0.717, 1.165) is 12.8 Å². The quantitative estimate of drug-likeness (QED) is 0.931. The molecule has 1 fully saturated rings. The number of nitrogens with zero attached hydrogens (tertiary/aromatic N) is 1. The molecule has 2 amide bonds. The summed E-state index contributed by atoms with van der Waals surface area (Å²) < 4.78 is 25.6. The summed E-state index contributed by atoms with van der Waals surface area (Å²) in [5.74, 6) is 0. The summed E-state index contributed by atoms with van der Waals surface area (Å²) in [6.45, 7) is 0. The van der Waals surface area contributed by atoms with Crippen molar-refractivity contribution in [1.82, 2.24) is 0 Å². The van der Waals surface area contributed by atoms with Gasteiger partial charge in [-0.15, -0.1) is 0 Å². The number of nitrogens with two attached hydrogens (primary N) is 1. The van der Waals surface area contributed by atoms with Gasteiger partial charge in [0, 0.05) is 5.02 Å². The molecule has 19 heavy (non-hydrogen) atoms. The standard InChI is InChI=1S/C12H15ClN2O3S/c13-9-5-7-10(8-6-9)15(12(14)16)19(17,18)11-3-1-2-4-11/h5-8,11H,1-4H2,(H2,14,16). The van der Waals surface area contributed by atoms with Crippen LogP contribution < -0.4 is 10.0 Å². The Bertz CT molecular complexity index is 565. The molecule has 1 aromatic rings. The van der Waals surface area contributed by atoms with Crippen LogP contribution in [0.25, 0.3) is 0 Å². The van der Waals surface area contributed by atoms with Gasteiger partial charge in [0.1, 0.15) is 0 Å². The average Bonchev–Trinajstić information content (AvgIpc) is 2.85. The third-order valence-corrected chi connectivity index (χ3v) is 5.70. The van der Waals surface area contributed by atoms with Crippen LogP contribution in [0, 0.1) is 0 Å². The second-order valence-corrected chi connectivity index (χ2v) is 7.03. The molecule has 2 rings (SSSR count).